The first-order valence-electron chi connectivity index (χ1n) is 5.55. The minimum Gasteiger partial charge on any atom is -0.485 e. The SMILES string of the molecule is COCCOCCOc1c(F)ccc(C(N)=O)c1F. The van der Waals surface area contributed by atoms with Crippen LogP contribution >= 0.6 is 0 Å². The molecule has 0 aromatic heterocycles. The third-order valence-electron chi connectivity index (χ3n) is 2.22. The third-order valence-corrected chi connectivity index (χ3v) is 2.22. The highest BCUT2D eigenvalue weighted by atomic mass is 19.1. The van der Waals surface area contributed by atoms with Crippen molar-refractivity contribution in [2.24, 2.45) is 5.73 Å². The third kappa shape index (κ3) is 4.46. The Hall–Kier alpha value is -1.73. The van der Waals surface area contributed by atoms with Crippen LogP contribution in [0.3, 0.4) is 0 Å². The van der Waals surface area contributed by atoms with Gasteiger partial charge in [-0.05, 0) is 12.1 Å². The summed E-state index contributed by atoms with van der Waals surface area (Å²) in [5.41, 5.74) is 4.53. The van der Waals surface area contributed by atoms with Crippen LogP contribution in [0.25, 0.3) is 0 Å². The van der Waals surface area contributed by atoms with Crippen LogP contribution in [0.4, 0.5) is 8.78 Å². The number of amides is 1. The zero-order chi connectivity index (χ0) is 14.3. The molecule has 0 heterocycles. The Balaban J connectivity index is 2.57. The molecular weight excluding hydrogens is 260 g/mol. The lowest BCUT2D eigenvalue weighted by atomic mass is 10.2. The molecule has 0 bridgehead atoms. The van der Waals surface area contributed by atoms with Crippen LogP contribution in [-0.2, 0) is 9.47 Å². The summed E-state index contributed by atoms with van der Waals surface area (Å²) in [4.78, 5) is 10.9. The molecule has 0 saturated heterocycles. The fourth-order valence-electron chi connectivity index (χ4n) is 1.30. The Morgan fingerprint density at radius 3 is 2.53 bits per heavy atom. The number of carbonyl (C=O) groups excluding carboxylic acids is 1. The maximum absolute atomic E-state index is 13.7. The van der Waals surface area contributed by atoms with Gasteiger partial charge in [-0.3, -0.25) is 4.79 Å². The molecule has 1 aromatic rings. The average molecular weight is 275 g/mol. The summed E-state index contributed by atoms with van der Waals surface area (Å²) in [6, 6.07) is 1.89. The molecule has 5 nitrogen and oxygen atoms in total. The van der Waals surface area contributed by atoms with Gasteiger partial charge in [0.1, 0.15) is 6.61 Å². The quantitative estimate of drug-likeness (QED) is 0.721. The Morgan fingerprint density at radius 2 is 1.89 bits per heavy atom. The number of rotatable bonds is 8. The number of methoxy groups -OCH3 is 1. The zero-order valence-electron chi connectivity index (χ0n) is 10.4. The standard InChI is InChI=1S/C12H15F2NO4/c1-17-4-5-18-6-7-19-11-9(13)3-2-8(10(11)14)12(15)16/h2-3H,4-7H2,1H3,(H2,15,16). The zero-order valence-corrected chi connectivity index (χ0v) is 10.4. The molecule has 0 aliphatic heterocycles. The Morgan fingerprint density at radius 1 is 1.21 bits per heavy atom. The molecular formula is C12H15F2NO4. The lowest BCUT2D eigenvalue weighted by Crippen LogP contribution is -2.16. The normalized spacial score (nSPS) is 10.5. The fraction of sp³-hybridized carbons (Fsp3) is 0.417. The first kappa shape index (κ1) is 15.3. The maximum atomic E-state index is 13.7. The number of ether oxygens (including phenoxy) is 3. The van der Waals surface area contributed by atoms with Gasteiger partial charge in [0.05, 0.1) is 25.4 Å². The molecule has 2 N–H and O–H groups in total. The number of benzene rings is 1. The van der Waals surface area contributed by atoms with Crippen molar-refractivity contribution in [1.82, 2.24) is 0 Å². The number of halogens is 2. The molecule has 1 amide bonds. The van der Waals surface area contributed by atoms with Crippen LogP contribution < -0.4 is 10.5 Å². The summed E-state index contributed by atoms with van der Waals surface area (Å²) >= 11 is 0. The van der Waals surface area contributed by atoms with Gasteiger partial charge in [0.15, 0.2) is 17.4 Å². The van der Waals surface area contributed by atoms with Crippen molar-refractivity contribution in [3.63, 3.8) is 0 Å². The molecule has 0 fully saturated rings. The van der Waals surface area contributed by atoms with Crippen LogP contribution in [0.15, 0.2) is 12.1 Å². The highest BCUT2D eigenvalue weighted by molar-refractivity contribution is 5.93. The highest BCUT2D eigenvalue weighted by Gasteiger charge is 2.18. The van der Waals surface area contributed by atoms with Crippen molar-refractivity contribution in [2.45, 2.75) is 0 Å². The summed E-state index contributed by atoms with van der Waals surface area (Å²) in [5, 5.41) is 0. The monoisotopic (exact) mass is 275 g/mol. The molecule has 1 aromatic carbocycles. The van der Waals surface area contributed by atoms with Crippen LogP contribution in [0.5, 0.6) is 5.75 Å². The highest BCUT2D eigenvalue weighted by Crippen LogP contribution is 2.24. The van der Waals surface area contributed by atoms with Gasteiger partial charge in [-0.15, -0.1) is 0 Å². The summed E-state index contributed by atoms with van der Waals surface area (Å²) in [7, 11) is 1.53. The molecule has 0 saturated carbocycles. The van der Waals surface area contributed by atoms with Gasteiger partial charge in [0, 0.05) is 7.11 Å². The van der Waals surface area contributed by atoms with E-state index in [4.69, 9.17) is 19.9 Å². The molecule has 106 valence electrons. The Labute approximate surface area is 109 Å². The van der Waals surface area contributed by atoms with Gasteiger partial charge in [0.25, 0.3) is 5.91 Å². The van der Waals surface area contributed by atoms with Crippen molar-refractivity contribution in [3.05, 3.63) is 29.3 Å². The van der Waals surface area contributed by atoms with E-state index in [9.17, 15) is 13.6 Å². The predicted molar refractivity (Wildman–Crippen MR) is 63.1 cm³/mol. The van der Waals surface area contributed by atoms with E-state index in [1.165, 1.54) is 7.11 Å². The number of carbonyl (C=O) groups is 1. The van der Waals surface area contributed by atoms with Gasteiger partial charge in [0.2, 0.25) is 0 Å². The smallest absolute Gasteiger partial charge is 0.251 e. The molecule has 7 heteroatoms. The summed E-state index contributed by atoms with van der Waals surface area (Å²) < 4.78 is 41.8. The molecule has 0 aliphatic carbocycles. The van der Waals surface area contributed by atoms with E-state index >= 15 is 0 Å². The van der Waals surface area contributed by atoms with Crippen LogP contribution in [0.1, 0.15) is 10.4 Å². The van der Waals surface area contributed by atoms with E-state index in [0.29, 0.717) is 13.2 Å². The van der Waals surface area contributed by atoms with Gasteiger partial charge >= 0.3 is 0 Å². The lowest BCUT2D eigenvalue weighted by molar-refractivity contribution is 0.0530. The summed E-state index contributed by atoms with van der Waals surface area (Å²) in [6.07, 6.45) is 0. The van der Waals surface area contributed by atoms with Crippen LogP contribution in [0, 0.1) is 11.6 Å². The number of hydrogen-bond donors (Lipinski definition) is 1. The number of primary amides is 1. The molecule has 0 radical (unpaired) electrons. The second-order valence-electron chi connectivity index (χ2n) is 3.56. The van der Waals surface area contributed by atoms with Crippen LogP contribution in [0.2, 0.25) is 0 Å². The fourth-order valence-corrected chi connectivity index (χ4v) is 1.30. The van der Waals surface area contributed by atoms with Gasteiger partial charge in [-0.2, -0.15) is 0 Å². The summed E-state index contributed by atoms with van der Waals surface area (Å²) in [6.45, 7) is 0.856. The molecule has 1 rings (SSSR count). The predicted octanol–water partition coefficient (Wildman–Crippen LogP) is 1.11. The minimum absolute atomic E-state index is 0.0558. The number of hydrogen-bond acceptors (Lipinski definition) is 4. The second-order valence-corrected chi connectivity index (χ2v) is 3.56. The van der Waals surface area contributed by atoms with E-state index < -0.39 is 28.9 Å². The molecule has 0 spiro atoms. The van der Waals surface area contributed by atoms with Gasteiger partial charge < -0.3 is 19.9 Å². The average Bonchev–Trinajstić information content (AvgIpc) is 2.36. The van der Waals surface area contributed by atoms with Gasteiger partial charge in [-0.25, -0.2) is 8.78 Å². The van der Waals surface area contributed by atoms with E-state index in [1.807, 2.05) is 0 Å². The lowest BCUT2D eigenvalue weighted by Gasteiger charge is -2.10. The number of nitrogens with two attached hydrogens (primary N) is 1. The maximum Gasteiger partial charge on any atom is 0.251 e. The van der Waals surface area contributed by atoms with E-state index in [1.54, 1.807) is 0 Å². The first-order valence-corrected chi connectivity index (χ1v) is 5.55. The molecule has 0 atom stereocenters. The van der Waals surface area contributed by atoms with Crippen molar-refractivity contribution in [3.8, 4) is 5.75 Å². The first-order chi connectivity index (χ1) is 9.07. The van der Waals surface area contributed by atoms with Crippen molar-refractivity contribution in [2.75, 3.05) is 33.5 Å². The van der Waals surface area contributed by atoms with E-state index in [0.717, 1.165) is 12.1 Å². The van der Waals surface area contributed by atoms with Gasteiger partial charge in [-0.1, -0.05) is 0 Å². The van der Waals surface area contributed by atoms with Crippen molar-refractivity contribution in [1.29, 1.82) is 0 Å². The largest absolute Gasteiger partial charge is 0.485 e. The van der Waals surface area contributed by atoms with E-state index in [2.05, 4.69) is 0 Å². The topological polar surface area (TPSA) is 70.8 Å². The summed E-state index contributed by atoms with van der Waals surface area (Å²) in [5.74, 6) is -3.63. The molecule has 19 heavy (non-hydrogen) atoms. The molecule has 0 unspecified atom stereocenters. The van der Waals surface area contributed by atoms with Crippen molar-refractivity contribution >= 4 is 5.91 Å². The molecule has 0 aliphatic rings. The van der Waals surface area contributed by atoms with E-state index in [-0.39, 0.29) is 13.2 Å². The Kier molecular flexibility index (Phi) is 6.17. The van der Waals surface area contributed by atoms with Crippen molar-refractivity contribution < 1.29 is 27.8 Å². The minimum atomic E-state index is -1.11. The van der Waals surface area contributed by atoms with Crippen LogP contribution in [-0.4, -0.2) is 39.4 Å². The second kappa shape index (κ2) is 7.65. The Bertz CT molecular complexity index is 440.